The van der Waals surface area contributed by atoms with Gasteiger partial charge in [-0.2, -0.15) is 0 Å². The lowest BCUT2D eigenvalue weighted by molar-refractivity contribution is -0.0158. The highest BCUT2D eigenvalue weighted by Crippen LogP contribution is 2.29. The molecule has 1 unspecified atom stereocenters. The molecule has 2 N–H and O–H groups in total. The van der Waals surface area contributed by atoms with Gasteiger partial charge in [0.25, 0.3) is 5.92 Å². The Morgan fingerprint density at radius 2 is 2.31 bits per heavy atom. The van der Waals surface area contributed by atoms with Crippen LogP contribution < -0.4 is 10.7 Å². The SMILES string of the molecule is CNN(C)CCC1NCCC1(F)F. The molecule has 1 heterocycles. The van der Waals surface area contributed by atoms with Crippen molar-refractivity contribution in [1.82, 2.24) is 15.8 Å². The fourth-order valence-electron chi connectivity index (χ4n) is 1.48. The van der Waals surface area contributed by atoms with Crippen LogP contribution in [-0.2, 0) is 0 Å². The Morgan fingerprint density at radius 3 is 2.77 bits per heavy atom. The molecular weight excluding hydrogens is 176 g/mol. The van der Waals surface area contributed by atoms with Gasteiger partial charge in [-0.25, -0.2) is 13.8 Å². The Morgan fingerprint density at radius 1 is 1.62 bits per heavy atom. The molecule has 1 aliphatic rings. The van der Waals surface area contributed by atoms with Crippen molar-refractivity contribution in [2.24, 2.45) is 0 Å². The van der Waals surface area contributed by atoms with Crippen molar-refractivity contribution < 1.29 is 8.78 Å². The molecule has 0 aromatic carbocycles. The summed E-state index contributed by atoms with van der Waals surface area (Å²) in [5.74, 6) is -2.52. The van der Waals surface area contributed by atoms with Gasteiger partial charge in [-0.15, -0.1) is 0 Å². The summed E-state index contributed by atoms with van der Waals surface area (Å²) in [5.41, 5.74) is 2.88. The molecule has 5 heteroatoms. The van der Waals surface area contributed by atoms with Crippen molar-refractivity contribution >= 4 is 0 Å². The van der Waals surface area contributed by atoms with Gasteiger partial charge in [-0.05, 0) is 13.5 Å². The Balaban J connectivity index is 2.28. The number of alkyl halides is 2. The standard InChI is InChI=1S/C8H17F2N3/c1-11-13(2)6-3-7-8(9,10)4-5-12-7/h7,11-12H,3-6H2,1-2H3. The Bertz CT molecular complexity index is 163. The van der Waals surface area contributed by atoms with Gasteiger partial charge in [-0.3, -0.25) is 5.43 Å². The van der Waals surface area contributed by atoms with Crippen LogP contribution in [0.1, 0.15) is 12.8 Å². The van der Waals surface area contributed by atoms with Gasteiger partial charge in [0.1, 0.15) is 0 Å². The second-order valence-electron chi connectivity index (χ2n) is 3.45. The first-order valence-corrected chi connectivity index (χ1v) is 4.56. The van der Waals surface area contributed by atoms with E-state index in [-0.39, 0.29) is 6.42 Å². The molecule has 0 radical (unpaired) electrons. The van der Waals surface area contributed by atoms with E-state index in [2.05, 4.69) is 10.7 Å². The average molecular weight is 193 g/mol. The predicted molar refractivity (Wildman–Crippen MR) is 47.7 cm³/mol. The van der Waals surface area contributed by atoms with Crippen molar-refractivity contribution in [3.05, 3.63) is 0 Å². The number of hydrazine groups is 1. The van der Waals surface area contributed by atoms with E-state index in [1.54, 1.807) is 12.1 Å². The molecule has 13 heavy (non-hydrogen) atoms. The van der Waals surface area contributed by atoms with E-state index in [9.17, 15) is 8.78 Å². The second-order valence-corrected chi connectivity index (χ2v) is 3.45. The molecule has 1 atom stereocenters. The van der Waals surface area contributed by atoms with E-state index in [0.29, 0.717) is 19.5 Å². The maximum atomic E-state index is 13.1. The first-order valence-electron chi connectivity index (χ1n) is 4.56. The quantitative estimate of drug-likeness (QED) is 0.634. The molecule has 0 saturated carbocycles. The summed E-state index contributed by atoms with van der Waals surface area (Å²) >= 11 is 0. The third kappa shape index (κ3) is 2.86. The lowest BCUT2D eigenvalue weighted by Gasteiger charge is -2.22. The van der Waals surface area contributed by atoms with E-state index in [4.69, 9.17) is 0 Å². The average Bonchev–Trinajstić information content (AvgIpc) is 2.41. The van der Waals surface area contributed by atoms with Crippen LogP contribution in [0.25, 0.3) is 0 Å². The third-order valence-corrected chi connectivity index (χ3v) is 2.49. The minimum atomic E-state index is -2.52. The number of halogens is 2. The van der Waals surface area contributed by atoms with Gasteiger partial charge in [-0.1, -0.05) is 0 Å². The van der Waals surface area contributed by atoms with Gasteiger partial charge < -0.3 is 5.32 Å². The highest BCUT2D eigenvalue weighted by atomic mass is 19.3. The number of hydrogen-bond acceptors (Lipinski definition) is 3. The van der Waals surface area contributed by atoms with Gasteiger partial charge in [0.2, 0.25) is 0 Å². The third-order valence-electron chi connectivity index (χ3n) is 2.49. The normalized spacial score (nSPS) is 27.0. The summed E-state index contributed by atoms with van der Waals surface area (Å²) < 4.78 is 26.1. The van der Waals surface area contributed by atoms with E-state index >= 15 is 0 Å². The zero-order valence-corrected chi connectivity index (χ0v) is 8.11. The molecule has 0 spiro atoms. The fraction of sp³-hybridized carbons (Fsp3) is 1.00. The lowest BCUT2D eigenvalue weighted by atomic mass is 10.1. The lowest BCUT2D eigenvalue weighted by Crippen LogP contribution is -2.40. The molecule has 1 aliphatic heterocycles. The molecular formula is C8H17F2N3. The topological polar surface area (TPSA) is 27.3 Å². The molecule has 0 aromatic heterocycles. The van der Waals surface area contributed by atoms with Crippen LogP contribution in [-0.4, -0.2) is 44.2 Å². The molecule has 0 aromatic rings. The van der Waals surface area contributed by atoms with Crippen molar-refractivity contribution in [3.63, 3.8) is 0 Å². The molecule has 78 valence electrons. The number of nitrogens with one attached hydrogen (secondary N) is 2. The second kappa shape index (κ2) is 4.30. The zero-order chi connectivity index (χ0) is 9.90. The molecule has 1 rings (SSSR count). The van der Waals surface area contributed by atoms with Crippen LogP contribution in [0.5, 0.6) is 0 Å². The number of nitrogens with zero attached hydrogens (tertiary/aromatic N) is 1. The van der Waals surface area contributed by atoms with E-state index in [1.165, 1.54) is 0 Å². The van der Waals surface area contributed by atoms with Crippen molar-refractivity contribution in [3.8, 4) is 0 Å². The van der Waals surface area contributed by atoms with Crippen LogP contribution in [0.15, 0.2) is 0 Å². The monoisotopic (exact) mass is 193 g/mol. The summed E-state index contributed by atoms with van der Waals surface area (Å²) in [4.78, 5) is 0. The predicted octanol–water partition coefficient (Wildman–Crippen LogP) is 0.440. The molecule has 0 bridgehead atoms. The maximum Gasteiger partial charge on any atom is 0.264 e. The van der Waals surface area contributed by atoms with Gasteiger partial charge in [0, 0.05) is 26.6 Å². The largest absolute Gasteiger partial charge is 0.308 e. The van der Waals surface area contributed by atoms with Gasteiger partial charge in [0.15, 0.2) is 0 Å². The van der Waals surface area contributed by atoms with Crippen LogP contribution in [0.3, 0.4) is 0 Å². The van der Waals surface area contributed by atoms with E-state index in [1.807, 2.05) is 7.05 Å². The summed E-state index contributed by atoms with van der Waals surface area (Å²) in [7, 11) is 3.62. The molecule has 1 saturated heterocycles. The summed E-state index contributed by atoms with van der Waals surface area (Å²) in [6.45, 7) is 1.06. The molecule has 3 nitrogen and oxygen atoms in total. The van der Waals surface area contributed by atoms with Crippen molar-refractivity contribution in [2.75, 3.05) is 27.2 Å². The molecule has 1 fully saturated rings. The zero-order valence-electron chi connectivity index (χ0n) is 8.11. The summed E-state index contributed by atoms with van der Waals surface area (Å²) in [6.07, 6.45) is 0.450. The van der Waals surface area contributed by atoms with Gasteiger partial charge in [0.05, 0.1) is 6.04 Å². The highest BCUT2D eigenvalue weighted by molar-refractivity contribution is 4.90. The molecule has 0 aliphatic carbocycles. The minimum Gasteiger partial charge on any atom is -0.308 e. The van der Waals surface area contributed by atoms with E-state index in [0.717, 1.165) is 0 Å². The maximum absolute atomic E-state index is 13.1. The Labute approximate surface area is 77.4 Å². The number of hydrogen-bond donors (Lipinski definition) is 2. The smallest absolute Gasteiger partial charge is 0.264 e. The first-order chi connectivity index (χ1) is 6.06. The fourth-order valence-corrected chi connectivity index (χ4v) is 1.48. The van der Waals surface area contributed by atoms with Crippen LogP contribution in [0, 0.1) is 0 Å². The Kier molecular flexibility index (Phi) is 3.58. The van der Waals surface area contributed by atoms with E-state index < -0.39 is 12.0 Å². The first kappa shape index (κ1) is 10.8. The van der Waals surface area contributed by atoms with Crippen molar-refractivity contribution in [2.45, 2.75) is 24.8 Å². The molecule has 0 amide bonds. The van der Waals surface area contributed by atoms with Gasteiger partial charge >= 0.3 is 0 Å². The Hall–Kier alpha value is -0.260. The van der Waals surface area contributed by atoms with Crippen LogP contribution >= 0.6 is 0 Å². The van der Waals surface area contributed by atoms with Crippen molar-refractivity contribution in [1.29, 1.82) is 0 Å². The number of rotatable bonds is 4. The summed E-state index contributed by atoms with van der Waals surface area (Å²) in [5, 5.41) is 4.62. The van der Waals surface area contributed by atoms with Crippen LogP contribution in [0.2, 0.25) is 0 Å². The highest BCUT2D eigenvalue weighted by Gasteiger charge is 2.43. The minimum absolute atomic E-state index is 0.0269. The van der Waals surface area contributed by atoms with Crippen LogP contribution in [0.4, 0.5) is 8.78 Å². The summed E-state index contributed by atoms with van der Waals surface area (Å²) in [6, 6.07) is -0.650.